The molecule has 2 atom stereocenters. The Morgan fingerprint density at radius 2 is 0.855 bits per heavy atom. The molecule has 0 aliphatic heterocycles. The summed E-state index contributed by atoms with van der Waals surface area (Å²) in [5.74, 6) is -0.384. The highest BCUT2D eigenvalue weighted by atomic mass is 31.2. The second-order valence-electron chi connectivity index (χ2n) is 14.5. The van der Waals surface area contributed by atoms with Gasteiger partial charge in [0.15, 0.2) is 0 Å². The standard InChI is InChI=1S/C53H84NO7P/c1-3-5-7-9-11-13-15-17-19-21-23-24-25-26-27-29-31-33-35-37-39-41-43-45-48-58-50-52(51-60-62(56,57)59-49-47-54)61-53(55)46-44-42-40-38-36-34-32-30-28-22-20-18-16-14-12-10-8-6-4-2/h5-8,11-14,17-20,23-24,26-28,30-31,33-34,36-37,39,52H,3-4,9-10,15-16,21-22,25,29,32,35,38,40-51,54H2,1-2H3,(H,56,57)/b7-5-,8-6-,13-11-,14-12-,19-17-,20-18-,24-23-,27-26-,30-28-,33-31-,36-34-,39-37-. The topological polar surface area (TPSA) is 117 Å². The van der Waals surface area contributed by atoms with E-state index < -0.39 is 13.9 Å². The van der Waals surface area contributed by atoms with Crippen LogP contribution in [0.1, 0.15) is 142 Å². The summed E-state index contributed by atoms with van der Waals surface area (Å²) in [5, 5.41) is 0. The zero-order chi connectivity index (χ0) is 45.1. The van der Waals surface area contributed by atoms with Crippen molar-refractivity contribution in [2.75, 3.05) is 33.0 Å². The van der Waals surface area contributed by atoms with Crippen LogP contribution in [0.2, 0.25) is 0 Å². The van der Waals surface area contributed by atoms with Crippen molar-refractivity contribution in [3.8, 4) is 0 Å². The molecule has 62 heavy (non-hydrogen) atoms. The first-order valence-electron chi connectivity index (χ1n) is 23.3. The van der Waals surface area contributed by atoms with Crippen molar-refractivity contribution in [2.45, 2.75) is 148 Å². The summed E-state index contributed by atoms with van der Waals surface area (Å²) in [7, 11) is -4.32. The van der Waals surface area contributed by atoms with Crippen LogP contribution in [0, 0.1) is 0 Å². The molecule has 0 amide bonds. The number of ether oxygens (including phenoxy) is 2. The van der Waals surface area contributed by atoms with Gasteiger partial charge in [-0.25, -0.2) is 4.57 Å². The lowest BCUT2D eigenvalue weighted by Crippen LogP contribution is -2.28. The molecule has 9 heteroatoms. The van der Waals surface area contributed by atoms with E-state index in [1.165, 1.54) is 0 Å². The quantitative estimate of drug-likeness (QED) is 0.0269. The minimum absolute atomic E-state index is 0.0607. The third-order valence-corrected chi connectivity index (χ3v) is 9.74. The zero-order valence-corrected chi connectivity index (χ0v) is 39.4. The normalized spacial score (nSPS) is 14.7. The number of hydrogen-bond donors (Lipinski definition) is 2. The average Bonchev–Trinajstić information content (AvgIpc) is 3.26. The molecule has 0 aromatic heterocycles. The highest BCUT2D eigenvalue weighted by Crippen LogP contribution is 2.43. The number of phosphoric acid groups is 1. The number of unbranched alkanes of at least 4 members (excludes halogenated alkanes) is 5. The summed E-state index contributed by atoms with van der Waals surface area (Å²) in [6.45, 7) is 4.48. The molecular formula is C53H84NO7P. The number of esters is 1. The Bertz CT molecular complexity index is 1450. The predicted octanol–water partition coefficient (Wildman–Crippen LogP) is 14.5. The van der Waals surface area contributed by atoms with Crippen LogP contribution in [0.25, 0.3) is 0 Å². The van der Waals surface area contributed by atoms with Gasteiger partial charge in [0.25, 0.3) is 0 Å². The maximum Gasteiger partial charge on any atom is 0.472 e. The fourth-order valence-corrected chi connectivity index (χ4v) is 6.18. The van der Waals surface area contributed by atoms with Crippen LogP contribution in [0.5, 0.6) is 0 Å². The second-order valence-corrected chi connectivity index (χ2v) is 16.0. The molecule has 0 saturated carbocycles. The van der Waals surface area contributed by atoms with Gasteiger partial charge < -0.3 is 20.1 Å². The predicted molar refractivity (Wildman–Crippen MR) is 265 cm³/mol. The molecule has 0 radical (unpaired) electrons. The Labute approximate surface area is 378 Å². The van der Waals surface area contributed by atoms with Crippen LogP contribution < -0.4 is 5.73 Å². The van der Waals surface area contributed by atoms with E-state index in [9.17, 15) is 14.3 Å². The summed E-state index contributed by atoms with van der Waals surface area (Å²) in [6.07, 6.45) is 70.2. The van der Waals surface area contributed by atoms with Crippen LogP contribution in [-0.2, 0) is 27.9 Å². The molecule has 0 aliphatic rings. The maximum atomic E-state index is 12.6. The Morgan fingerprint density at radius 3 is 1.24 bits per heavy atom. The Hall–Kier alpha value is -3.62. The van der Waals surface area contributed by atoms with E-state index in [0.717, 1.165) is 116 Å². The number of carbonyl (C=O) groups excluding carboxylic acids is 1. The van der Waals surface area contributed by atoms with E-state index in [0.29, 0.717) is 13.0 Å². The fourth-order valence-electron chi connectivity index (χ4n) is 5.41. The SMILES string of the molecule is CC/C=C\C/C=C\C/C=C\C/C=C\C/C=C\C/C=C\C/C=C\CCCCOCC(COP(=O)(O)OCCN)OC(=O)CCCCC/C=C\C/C=C\C/C=C\C/C=C\C/C=C\CC. The minimum Gasteiger partial charge on any atom is -0.457 e. The molecular weight excluding hydrogens is 794 g/mol. The second kappa shape index (κ2) is 48.4. The first kappa shape index (κ1) is 58.4. The lowest BCUT2D eigenvalue weighted by atomic mass is 10.1. The van der Waals surface area contributed by atoms with Crippen molar-refractivity contribution >= 4 is 13.8 Å². The zero-order valence-electron chi connectivity index (χ0n) is 38.5. The van der Waals surface area contributed by atoms with Crippen LogP contribution in [0.15, 0.2) is 146 Å². The van der Waals surface area contributed by atoms with E-state index in [1.54, 1.807) is 0 Å². The van der Waals surface area contributed by atoms with Gasteiger partial charge in [-0.15, -0.1) is 0 Å². The Kier molecular flexibility index (Phi) is 45.6. The van der Waals surface area contributed by atoms with Gasteiger partial charge >= 0.3 is 13.8 Å². The van der Waals surface area contributed by atoms with Crippen LogP contribution in [0.3, 0.4) is 0 Å². The fraction of sp³-hybridized carbons (Fsp3) is 0.528. The highest BCUT2D eigenvalue weighted by molar-refractivity contribution is 7.47. The summed E-state index contributed by atoms with van der Waals surface area (Å²) in [5.41, 5.74) is 5.37. The highest BCUT2D eigenvalue weighted by Gasteiger charge is 2.25. The first-order chi connectivity index (χ1) is 30.4. The van der Waals surface area contributed by atoms with Gasteiger partial charge in [0.2, 0.25) is 0 Å². The molecule has 8 nitrogen and oxygen atoms in total. The van der Waals surface area contributed by atoms with E-state index in [1.807, 2.05) is 0 Å². The van der Waals surface area contributed by atoms with Gasteiger partial charge in [0, 0.05) is 19.6 Å². The summed E-state index contributed by atoms with van der Waals surface area (Å²) < 4.78 is 33.4. The van der Waals surface area contributed by atoms with Gasteiger partial charge in [0.05, 0.1) is 19.8 Å². The van der Waals surface area contributed by atoms with E-state index >= 15 is 0 Å². The smallest absolute Gasteiger partial charge is 0.457 e. The van der Waals surface area contributed by atoms with Crippen molar-refractivity contribution in [1.29, 1.82) is 0 Å². The summed E-state index contributed by atoms with van der Waals surface area (Å²) >= 11 is 0. The number of allylic oxidation sites excluding steroid dienone is 24. The summed E-state index contributed by atoms with van der Waals surface area (Å²) in [6, 6.07) is 0. The van der Waals surface area contributed by atoms with Gasteiger partial charge in [-0.2, -0.15) is 0 Å². The molecule has 0 fully saturated rings. The van der Waals surface area contributed by atoms with Gasteiger partial charge in [-0.3, -0.25) is 13.8 Å². The molecule has 0 rings (SSSR count). The number of phosphoric ester groups is 1. The Morgan fingerprint density at radius 1 is 0.484 bits per heavy atom. The molecule has 0 aromatic carbocycles. The molecule has 0 aromatic rings. The number of carbonyl (C=O) groups is 1. The summed E-state index contributed by atoms with van der Waals surface area (Å²) in [4.78, 5) is 22.5. The molecule has 2 unspecified atom stereocenters. The molecule has 3 N–H and O–H groups in total. The number of rotatable bonds is 42. The minimum atomic E-state index is -4.32. The van der Waals surface area contributed by atoms with Gasteiger partial charge in [0.1, 0.15) is 6.10 Å². The van der Waals surface area contributed by atoms with E-state index in [2.05, 4.69) is 160 Å². The molecule has 0 bridgehead atoms. The first-order valence-corrected chi connectivity index (χ1v) is 24.8. The molecule has 0 heterocycles. The monoisotopic (exact) mass is 878 g/mol. The average molecular weight is 878 g/mol. The number of nitrogens with two attached hydrogens (primary N) is 1. The Balaban J connectivity index is 4.21. The van der Waals surface area contributed by atoms with Crippen LogP contribution in [-0.4, -0.2) is 49.9 Å². The van der Waals surface area contributed by atoms with Crippen molar-refractivity contribution in [3.05, 3.63) is 146 Å². The van der Waals surface area contributed by atoms with E-state index in [4.69, 9.17) is 24.3 Å². The largest absolute Gasteiger partial charge is 0.472 e. The van der Waals surface area contributed by atoms with E-state index in [-0.39, 0.29) is 38.8 Å². The van der Waals surface area contributed by atoms with Gasteiger partial charge in [-0.05, 0) is 116 Å². The third kappa shape index (κ3) is 47.4. The molecule has 0 aliphatic carbocycles. The lowest BCUT2D eigenvalue weighted by molar-refractivity contribution is -0.154. The molecule has 0 spiro atoms. The van der Waals surface area contributed by atoms with Crippen molar-refractivity contribution in [3.63, 3.8) is 0 Å². The van der Waals surface area contributed by atoms with Crippen molar-refractivity contribution in [1.82, 2.24) is 0 Å². The third-order valence-electron chi connectivity index (χ3n) is 8.75. The molecule has 0 saturated heterocycles. The number of hydrogen-bond acceptors (Lipinski definition) is 7. The van der Waals surface area contributed by atoms with Crippen LogP contribution >= 0.6 is 7.82 Å². The molecule has 348 valence electrons. The lowest BCUT2D eigenvalue weighted by Gasteiger charge is -2.20. The van der Waals surface area contributed by atoms with Gasteiger partial charge in [-0.1, -0.05) is 166 Å². The maximum absolute atomic E-state index is 12.6. The van der Waals surface area contributed by atoms with Crippen molar-refractivity contribution < 1.29 is 32.8 Å². The van der Waals surface area contributed by atoms with Crippen molar-refractivity contribution in [2.24, 2.45) is 5.73 Å². The van der Waals surface area contributed by atoms with Crippen LogP contribution in [0.4, 0.5) is 0 Å².